The molecule has 1 N–H and O–H groups in total. The molecule has 2 rings (SSSR count). The summed E-state index contributed by atoms with van der Waals surface area (Å²) in [5.74, 6) is 0. The minimum Gasteiger partial charge on any atom is -0.382 e. The highest BCUT2D eigenvalue weighted by Crippen LogP contribution is 2.38. The Morgan fingerprint density at radius 3 is 2.47 bits per heavy atom. The van der Waals surface area contributed by atoms with Gasteiger partial charge in [0, 0.05) is 23.9 Å². The molecule has 0 saturated heterocycles. The molecule has 1 aliphatic carbocycles. The third-order valence-electron chi connectivity index (χ3n) is 2.46. The number of nitro benzene ring substituents is 1. The lowest BCUT2D eigenvalue weighted by Crippen LogP contribution is -2.12. The maximum atomic E-state index is 12.7. The quantitative estimate of drug-likeness (QED) is 0.658. The van der Waals surface area contributed by atoms with Gasteiger partial charge in [-0.05, 0) is 18.9 Å². The number of halogens is 3. The first-order valence-corrected chi connectivity index (χ1v) is 5.00. The Hall–Kier alpha value is -1.79. The lowest BCUT2D eigenvalue weighted by atomic mass is 10.1. The van der Waals surface area contributed by atoms with Crippen LogP contribution in [0.1, 0.15) is 18.4 Å². The van der Waals surface area contributed by atoms with Crippen molar-refractivity contribution in [2.75, 3.05) is 5.32 Å². The fourth-order valence-electron chi connectivity index (χ4n) is 1.45. The summed E-state index contributed by atoms with van der Waals surface area (Å²) in [5, 5.41) is 13.2. The number of alkyl halides is 3. The standard InChI is InChI=1S/C10H9F3N2O2/c11-10(12,13)8-5-7(15(16)17)3-4-9(8)14-6-1-2-6/h3-6,14H,1-2H2. The second kappa shape index (κ2) is 3.90. The minimum atomic E-state index is -4.59. The van der Waals surface area contributed by atoms with Gasteiger partial charge in [0.15, 0.2) is 0 Å². The molecule has 17 heavy (non-hydrogen) atoms. The highest BCUT2D eigenvalue weighted by molar-refractivity contribution is 5.58. The van der Waals surface area contributed by atoms with Gasteiger partial charge in [-0.2, -0.15) is 13.2 Å². The van der Waals surface area contributed by atoms with Gasteiger partial charge in [-0.25, -0.2) is 0 Å². The Bertz CT molecular complexity index is 455. The Labute approximate surface area is 94.6 Å². The average molecular weight is 246 g/mol. The van der Waals surface area contributed by atoms with Crippen molar-refractivity contribution >= 4 is 11.4 Å². The van der Waals surface area contributed by atoms with Gasteiger partial charge < -0.3 is 5.32 Å². The molecule has 1 aliphatic rings. The van der Waals surface area contributed by atoms with Crippen LogP contribution < -0.4 is 5.32 Å². The number of hydrogen-bond donors (Lipinski definition) is 1. The molecule has 0 aromatic heterocycles. The van der Waals surface area contributed by atoms with E-state index in [-0.39, 0.29) is 11.7 Å². The van der Waals surface area contributed by atoms with Crippen molar-refractivity contribution in [2.24, 2.45) is 0 Å². The lowest BCUT2D eigenvalue weighted by Gasteiger charge is -2.13. The number of nitro groups is 1. The maximum absolute atomic E-state index is 12.7. The van der Waals surface area contributed by atoms with Gasteiger partial charge in [-0.1, -0.05) is 0 Å². The average Bonchev–Trinajstić information content (AvgIpc) is 3.00. The van der Waals surface area contributed by atoms with E-state index >= 15 is 0 Å². The van der Waals surface area contributed by atoms with Crippen LogP contribution in [0.2, 0.25) is 0 Å². The number of non-ortho nitro benzene ring substituents is 1. The molecule has 0 radical (unpaired) electrons. The highest BCUT2D eigenvalue weighted by atomic mass is 19.4. The monoisotopic (exact) mass is 246 g/mol. The number of benzene rings is 1. The summed E-state index contributed by atoms with van der Waals surface area (Å²) < 4.78 is 38.1. The van der Waals surface area contributed by atoms with Gasteiger partial charge in [0.2, 0.25) is 0 Å². The minimum absolute atomic E-state index is 0.0533. The molecular formula is C10H9F3N2O2. The summed E-state index contributed by atoms with van der Waals surface area (Å²) >= 11 is 0. The molecule has 0 amide bonds. The van der Waals surface area contributed by atoms with Crippen LogP contribution in [-0.2, 0) is 6.18 Å². The van der Waals surface area contributed by atoms with Crippen LogP contribution in [-0.4, -0.2) is 11.0 Å². The highest BCUT2D eigenvalue weighted by Gasteiger charge is 2.36. The summed E-state index contributed by atoms with van der Waals surface area (Å²) in [6.07, 6.45) is -2.94. The Kier molecular flexibility index (Phi) is 2.68. The zero-order valence-electron chi connectivity index (χ0n) is 8.62. The first-order valence-electron chi connectivity index (χ1n) is 5.00. The zero-order valence-corrected chi connectivity index (χ0v) is 8.62. The van der Waals surface area contributed by atoms with Gasteiger partial charge in [-0.3, -0.25) is 10.1 Å². The van der Waals surface area contributed by atoms with Gasteiger partial charge in [0.1, 0.15) is 0 Å². The first kappa shape index (κ1) is 11.7. The molecule has 92 valence electrons. The first-order chi connectivity index (χ1) is 7.88. The normalized spacial score (nSPS) is 15.7. The van der Waals surface area contributed by atoms with Crippen LogP contribution in [0, 0.1) is 10.1 Å². The molecular weight excluding hydrogens is 237 g/mol. The van der Waals surface area contributed by atoms with E-state index in [0.717, 1.165) is 25.0 Å². The molecule has 0 atom stereocenters. The van der Waals surface area contributed by atoms with Crippen molar-refractivity contribution in [3.05, 3.63) is 33.9 Å². The van der Waals surface area contributed by atoms with Crippen LogP contribution in [0.3, 0.4) is 0 Å². The van der Waals surface area contributed by atoms with E-state index in [2.05, 4.69) is 5.32 Å². The van der Waals surface area contributed by atoms with Gasteiger partial charge in [-0.15, -0.1) is 0 Å². The van der Waals surface area contributed by atoms with Crippen molar-refractivity contribution in [1.29, 1.82) is 0 Å². The number of hydrogen-bond acceptors (Lipinski definition) is 3. The number of rotatable bonds is 3. The van der Waals surface area contributed by atoms with Gasteiger partial charge in [0.05, 0.1) is 10.5 Å². The van der Waals surface area contributed by atoms with E-state index in [0.29, 0.717) is 6.07 Å². The predicted octanol–water partition coefficient (Wildman–Crippen LogP) is 3.19. The Morgan fingerprint density at radius 2 is 2.00 bits per heavy atom. The number of nitrogens with zero attached hydrogens (tertiary/aromatic N) is 1. The predicted molar refractivity (Wildman–Crippen MR) is 54.7 cm³/mol. The second-order valence-electron chi connectivity index (χ2n) is 3.90. The van der Waals surface area contributed by atoms with Crippen LogP contribution in [0.15, 0.2) is 18.2 Å². The van der Waals surface area contributed by atoms with Crippen molar-refractivity contribution in [2.45, 2.75) is 25.1 Å². The molecule has 7 heteroatoms. The van der Waals surface area contributed by atoms with Crippen molar-refractivity contribution in [3.63, 3.8) is 0 Å². The van der Waals surface area contributed by atoms with Gasteiger partial charge in [0.25, 0.3) is 5.69 Å². The molecule has 0 bridgehead atoms. The third-order valence-corrected chi connectivity index (χ3v) is 2.46. The van der Waals surface area contributed by atoms with Crippen LogP contribution in [0.25, 0.3) is 0 Å². The molecule has 0 heterocycles. The number of nitrogens with one attached hydrogen (secondary N) is 1. The largest absolute Gasteiger partial charge is 0.418 e. The van der Waals surface area contributed by atoms with E-state index in [9.17, 15) is 23.3 Å². The van der Waals surface area contributed by atoms with Crippen molar-refractivity contribution < 1.29 is 18.1 Å². The topological polar surface area (TPSA) is 55.2 Å². The zero-order chi connectivity index (χ0) is 12.6. The molecule has 4 nitrogen and oxygen atoms in total. The smallest absolute Gasteiger partial charge is 0.382 e. The molecule has 0 unspecified atom stereocenters. The Balaban J connectivity index is 2.39. The van der Waals surface area contributed by atoms with E-state index in [1.165, 1.54) is 0 Å². The van der Waals surface area contributed by atoms with Gasteiger partial charge >= 0.3 is 6.18 Å². The molecule has 1 fully saturated rings. The van der Waals surface area contributed by atoms with Crippen LogP contribution in [0.5, 0.6) is 0 Å². The van der Waals surface area contributed by atoms with Crippen molar-refractivity contribution in [1.82, 2.24) is 0 Å². The fourth-order valence-corrected chi connectivity index (χ4v) is 1.45. The van der Waals surface area contributed by atoms with E-state index < -0.39 is 22.4 Å². The maximum Gasteiger partial charge on any atom is 0.418 e. The second-order valence-corrected chi connectivity index (χ2v) is 3.90. The summed E-state index contributed by atoms with van der Waals surface area (Å²) in [6.45, 7) is 0. The van der Waals surface area contributed by atoms with E-state index in [1.54, 1.807) is 0 Å². The van der Waals surface area contributed by atoms with Crippen molar-refractivity contribution in [3.8, 4) is 0 Å². The molecule has 1 aromatic rings. The molecule has 0 aliphatic heterocycles. The SMILES string of the molecule is O=[N+]([O-])c1ccc(NC2CC2)c(C(F)(F)F)c1. The summed E-state index contributed by atoms with van der Waals surface area (Å²) in [5.41, 5.74) is -1.64. The fraction of sp³-hybridized carbons (Fsp3) is 0.400. The van der Waals surface area contributed by atoms with E-state index in [1.807, 2.05) is 0 Å². The summed E-state index contributed by atoms with van der Waals surface area (Å²) in [4.78, 5) is 9.61. The molecule has 1 saturated carbocycles. The molecule has 0 spiro atoms. The lowest BCUT2D eigenvalue weighted by molar-refractivity contribution is -0.385. The van der Waals surface area contributed by atoms with Crippen LogP contribution >= 0.6 is 0 Å². The van der Waals surface area contributed by atoms with Crippen LogP contribution in [0.4, 0.5) is 24.5 Å². The molecule has 1 aromatic carbocycles. The summed E-state index contributed by atoms with van der Waals surface area (Å²) in [7, 11) is 0. The third kappa shape index (κ3) is 2.66. The Morgan fingerprint density at radius 1 is 1.35 bits per heavy atom. The van der Waals surface area contributed by atoms with E-state index in [4.69, 9.17) is 0 Å². The number of anilines is 1. The summed E-state index contributed by atoms with van der Waals surface area (Å²) in [6, 6.07) is 2.79.